The summed E-state index contributed by atoms with van der Waals surface area (Å²) in [5, 5.41) is 10.4. The Balaban J connectivity index is 3.59. The predicted octanol–water partition coefficient (Wildman–Crippen LogP) is 2.58. The molecule has 0 fully saturated rings. The minimum Gasteiger partial charge on any atom is -0.365 e. The molecule has 13 heteroatoms. The summed E-state index contributed by atoms with van der Waals surface area (Å²) in [6.07, 6.45) is -5.29. The van der Waals surface area contributed by atoms with Crippen molar-refractivity contribution in [3.05, 3.63) is 20.7 Å². The van der Waals surface area contributed by atoms with E-state index in [9.17, 15) is 31.7 Å². The number of nitro groups is 1. The van der Waals surface area contributed by atoms with Gasteiger partial charge in [-0.3, -0.25) is 0 Å². The fraction of sp³-hybridized carbons (Fsp3) is 0.167. The van der Waals surface area contributed by atoms with E-state index in [1.54, 1.807) is 0 Å². The fourth-order valence-electron chi connectivity index (χ4n) is 0.961. The van der Waals surface area contributed by atoms with Crippen LogP contribution in [0.4, 0.5) is 19.0 Å². The molecule has 0 unspecified atom stereocenters. The van der Waals surface area contributed by atoms with E-state index in [-0.39, 0.29) is 0 Å². The number of ether oxygens (including phenoxy) is 1. The van der Waals surface area contributed by atoms with Crippen LogP contribution >= 0.6 is 26.6 Å². The van der Waals surface area contributed by atoms with Gasteiger partial charge < -0.3 is 14.9 Å². The Labute approximate surface area is 116 Å². The third-order valence-corrected chi connectivity index (χ3v) is 3.76. The van der Waals surface area contributed by atoms with Gasteiger partial charge in [0.15, 0.2) is 4.90 Å². The van der Waals surface area contributed by atoms with Gasteiger partial charge in [-0.1, -0.05) is 0 Å². The molecule has 1 aromatic rings. The van der Waals surface area contributed by atoms with Crippen molar-refractivity contribution in [1.82, 2.24) is 4.98 Å². The number of aromatic nitrogens is 1. The third-order valence-electron chi connectivity index (χ3n) is 1.53. The summed E-state index contributed by atoms with van der Waals surface area (Å²) in [7, 11) is 0.251. The molecule has 106 valence electrons. The van der Waals surface area contributed by atoms with Crippen molar-refractivity contribution in [3.8, 4) is 5.88 Å². The summed E-state index contributed by atoms with van der Waals surface area (Å²) in [5.74, 6) is -2.58. The Morgan fingerprint density at radius 2 is 2.00 bits per heavy atom. The smallest absolute Gasteiger partial charge is 0.365 e. The van der Waals surface area contributed by atoms with Gasteiger partial charge >= 0.3 is 18.1 Å². The Kier molecular flexibility index (Phi) is 4.27. The summed E-state index contributed by atoms with van der Waals surface area (Å²) in [5.41, 5.74) is 0. The standard InChI is InChI=1S/C6HBrClF3N2O5S/c7-2-1-3(13(14)15)12-5(18-6(9,10)11)4(2)19(8,16)17/h1H. The highest BCUT2D eigenvalue weighted by Gasteiger charge is 2.39. The second-order valence-corrected chi connectivity index (χ2v) is 6.20. The molecule has 0 atom stereocenters. The van der Waals surface area contributed by atoms with Crippen LogP contribution in [0.15, 0.2) is 15.4 Å². The summed E-state index contributed by atoms with van der Waals surface area (Å²) in [6, 6.07) is 0.582. The fourth-order valence-corrected chi connectivity index (χ4v) is 3.29. The Morgan fingerprint density at radius 3 is 2.37 bits per heavy atom. The first-order valence-corrected chi connectivity index (χ1v) is 7.07. The molecule has 0 aliphatic heterocycles. The first kappa shape index (κ1) is 15.9. The molecular formula is C6HBrClF3N2O5S. The molecule has 7 nitrogen and oxygen atoms in total. The first-order chi connectivity index (χ1) is 8.42. The highest BCUT2D eigenvalue weighted by Crippen LogP contribution is 2.37. The average Bonchev–Trinajstić information content (AvgIpc) is 2.10. The zero-order chi connectivity index (χ0) is 15.0. The van der Waals surface area contributed by atoms with Gasteiger partial charge in [-0.2, -0.15) is 0 Å². The molecule has 0 radical (unpaired) electrons. The van der Waals surface area contributed by atoms with Crippen LogP contribution in [-0.4, -0.2) is 24.7 Å². The van der Waals surface area contributed by atoms with E-state index in [1.165, 1.54) is 0 Å². The molecule has 0 N–H and O–H groups in total. The highest BCUT2D eigenvalue weighted by molar-refractivity contribution is 9.10. The zero-order valence-corrected chi connectivity index (χ0v) is 11.5. The monoisotopic (exact) mass is 384 g/mol. The molecular weight excluding hydrogens is 384 g/mol. The third kappa shape index (κ3) is 4.18. The van der Waals surface area contributed by atoms with E-state index in [1.807, 2.05) is 0 Å². The van der Waals surface area contributed by atoms with E-state index in [4.69, 9.17) is 10.7 Å². The van der Waals surface area contributed by atoms with Crippen LogP contribution in [0.3, 0.4) is 0 Å². The van der Waals surface area contributed by atoms with Crippen molar-refractivity contribution in [2.75, 3.05) is 0 Å². The van der Waals surface area contributed by atoms with Gasteiger partial charge in [-0.05, 0) is 20.9 Å². The van der Waals surface area contributed by atoms with E-state index >= 15 is 0 Å². The summed E-state index contributed by atoms with van der Waals surface area (Å²) >= 11 is 2.55. The lowest BCUT2D eigenvalue weighted by molar-refractivity contribution is -0.390. The second kappa shape index (κ2) is 5.09. The van der Waals surface area contributed by atoms with Crippen LogP contribution < -0.4 is 4.74 Å². The normalized spacial score (nSPS) is 12.3. The van der Waals surface area contributed by atoms with Crippen molar-refractivity contribution < 1.29 is 31.2 Å². The quantitative estimate of drug-likeness (QED) is 0.450. The molecule has 0 aliphatic carbocycles. The maximum absolute atomic E-state index is 12.1. The molecule has 0 bridgehead atoms. The molecule has 0 saturated heterocycles. The summed E-state index contributed by atoms with van der Waals surface area (Å²) in [4.78, 5) is 11.0. The van der Waals surface area contributed by atoms with Crippen LogP contribution in [0.1, 0.15) is 0 Å². The maximum Gasteiger partial charge on any atom is 0.575 e. The molecule has 0 aromatic carbocycles. The molecule has 0 aliphatic rings. The molecule has 0 saturated carbocycles. The van der Waals surface area contributed by atoms with E-state index in [2.05, 4.69) is 25.7 Å². The molecule has 1 heterocycles. The van der Waals surface area contributed by atoms with Crippen LogP contribution in [0.25, 0.3) is 0 Å². The topological polar surface area (TPSA) is 99.4 Å². The molecule has 0 amide bonds. The molecule has 1 aromatic heterocycles. The largest absolute Gasteiger partial charge is 0.575 e. The number of nitrogens with zero attached hydrogens (tertiary/aromatic N) is 2. The lowest BCUT2D eigenvalue weighted by Crippen LogP contribution is -2.20. The summed E-state index contributed by atoms with van der Waals surface area (Å²) in [6.45, 7) is 0. The van der Waals surface area contributed by atoms with Gasteiger partial charge in [0, 0.05) is 15.7 Å². The molecule has 0 spiro atoms. The van der Waals surface area contributed by atoms with Crippen LogP contribution in [-0.2, 0) is 9.05 Å². The lowest BCUT2D eigenvalue weighted by Gasteiger charge is -2.08. The number of hydrogen-bond donors (Lipinski definition) is 0. The lowest BCUT2D eigenvalue weighted by atomic mass is 10.4. The minimum atomic E-state index is -5.29. The van der Waals surface area contributed by atoms with Gasteiger partial charge in [-0.25, -0.2) is 8.42 Å². The van der Waals surface area contributed by atoms with Gasteiger partial charge in [0.25, 0.3) is 9.05 Å². The van der Waals surface area contributed by atoms with Gasteiger partial charge in [0.2, 0.25) is 0 Å². The first-order valence-electron chi connectivity index (χ1n) is 3.97. The number of hydrogen-bond acceptors (Lipinski definition) is 6. The minimum absolute atomic E-state index is 0.580. The number of pyridine rings is 1. The van der Waals surface area contributed by atoms with Crippen LogP contribution in [0.5, 0.6) is 5.88 Å². The van der Waals surface area contributed by atoms with Crippen LogP contribution in [0.2, 0.25) is 0 Å². The summed E-state index contributed by atoms with van der Waals surface area (Å²) < 4.78 is 61.2. The Hall–Kier alpha value is -1.14. The van der Waals surface area contributed by atoms with Gasteiger partial charge in [-0.15, -0.1) is 13.2 Å². The Bertz CT molecular complexity index is 634. The molecule has 19 heavy (non-hydrogen) atoms. The van der Waals surface area contributed by atoms with E-state index in [0.29, 0.717) is 6.07 Å². The predicted molar refractivity (Wildman–Crippen MR) is 58.3 cm³/mol. The van der Waals surface area contributed by atoms with Crippen LogP contribution in [0, 0.1) is 10.1 Å². The van der Waals surface area contributed by atoms with Gasteiger partial charge in [0.1, 0.15) is 0 Å². The Morgan fingerprint density at radius 1 is 1.47 bits per heavy atom. The molecule has 1 rings (SSSR count). The SMILES string of the molecule is O=[N+]([O-])c1cc(Br)c(S(=O)(=O)Cl)c(OC(F)(F)F)n1. The second-order valence-electron chi connectivity index (χ2n) is 2.84. The number of rotatable bonds is 3. The maximum atomic E-state index is 12.1. The van der Waals surface area contributed by atoms with E-state index in [0.717, 1.165) is 0 Å². The number of alkyl halides is 3. The number of halogens is 5. The van der Waals surface area contributed by atoms with E-state index < -0.39 is 41.4 Å². The average molecular weight is 386 g/mol. The van der Waals surface area contributed by atoms with Crippen molar-refractivity contribution in [2.45, 2.75) is 11.3 Å². The zero-order valence-electron chi connectivity index (χ0n) is 8.31. The highest BCUT2D eigenvalue weighted by atomic mass is 79.9. The van der Waals surface area contributed by atoms with Gasteiger partial charge in [0.05, 0.1) is 10.5 Å². The van der Waals surface area contributed by atoms with Crippen molar-refractivity contribution in [1.29, 1.82) is 0 Å². The van der Waals surface area contributed by atoms with Crippen molar-refractivity contribution in [2.24, 2.45) is 0 Å². The van der Waals surface area contributed by atoms with Crippen molar-refractivity contribution in [3.63, 3.8) is 0 Å². The van der Waals surface area contributed by atoms with Crippen molar-refractivity contribution >= 4 is 41.5 Å².